The van der Waals surface area contributed by atoms with Crippen LogP contribution in [0.3, 0.4) is 0 Å². The number of ether oxygens (including phenoxy) is 2. The average Bonchev–Trinajstić information content (AvgIpc) is 3.32. The van der Waals surface area contributed by atoms with Crippen LogP contribution in [0.1, 0.15) is 258 Å². The fraction of sp³-hybridized carbons (Fsp3) is 0.789. The maximum Gasteiger partial charge on any atom is 0.472 e. The van der Waals surface area contributed by atoms with Crippen LogP contribution in [0, 0.1) is 0 Å². The number of carbonyl (C=O) groups is 2. The molecule has 0 aliphatic heterocycles. The molecule has 0 aromatic rings. The van der Waals surface area contributed by atoms with E-state index in [1.54, 1.807) is 0 Å². The molecule has 0 heterocycles. The number of hydrogen-bond donors (Lipinski definition) is 2. The van der Waals surface area contributed by atoms with Crippen LogP contribution in [0.2, 0.25) is 0 Å². The number of phosphoric acid groups is 1. The van der Waals surface area contributed by atoms with Crippen LogP contribution in [-0.2, 0) is 32.7 Å². The Morgan fingerprint density at radius 2 is 0.821 bits per heavy atom. The van der Waals surface area contributed by atoms with Crippen molar-refractivity contribution in [1.29, 1.82) is 0 Å². The third-order valence-electron chi connectivity index (χ3n) is 11.9. The van der Waals surface area contributed by atoms with E-state index in [-0.39, 0.29) is 38.6 Å². The summed E-state index contributed by atoms with van der Waals surface area (Å²) < 4.78 is 32.9. The molecule has 3 N–H and O–H groups in total. The van der Waals surface area contributed by atoms with Gasteiger partial charge in [-0.05, 0) is 77.0 Å². The van der Waals surface area contributed by atoms with E-state index >= 15 is 0 Å². The average molecular weight is 962 g/mol. The highest BCUT2D eigenvalue weighted by Crippen LogP contribution is 2.43. The summed E-state index contributed by atoms with van der Waals surface area (Å²) in [6, 6.07) is 0. The predicted molar refractivity (Wildman–Crippen MR) is 284 cm³/mol. The molecule has 0 radical (unpaired) electrons. The minimum Gasteiger partial charge on any atom is -0.462 e. The Kier molecular flexibility index (Phi) is 51.3. The molecule has 67 heavy (non-hydrogen) atoms. The molecule has 0 aliphatic carbocycles. The van der Waals surface area contributed by atoms with Crippen LogP contribution < -0.4 is 5.73 Å². The predicted octanol–water partition coefficient (Wildman–Crippen LogP) is 17.2. The molecule has 0 spiro atoms. The first-order chi connectivity index (χ1) is 32.8. The lowest BCUT2D eigenvalue weighted by Gasteiger charge is -2.19. The zero-order valence-corrected chi connectivity index (χ0v) is 44.3. The number of allylic oxidation sites excluding steroid dienone is 10. The molecule has 0 aromatic heterocycles. The maximum absolute atomic E-state index is 12.6. The molecule has 2 atom stereocenters. The minimum absolute atomic E-state index is 0.0492. The van der Waals surface area contributed by atoms with Crippen molar-refractivity contribution in [2.75, 3.05) is 26.4 Å². The van der Waals surface area contributed by atoms with Crippen molar-refractivity contribution in [2.24, 2.45) is 5.73 Å². The number of unbranched alkanes of at least 4 members (excludes halogenated alkanes) is 29. The van der Waals surface area contributed by atoms with E-state index in [2.05, 4.69) is 74.6 Å². The molecule has 0 saturated heterocycles. The Hall–Kier alpha value is -2.29. The second-order valence-electron chi connectivity index (χ2n) is 18.4. The van der Waals surface area contributed by atoms with Gasteiger partial charge in [-0.25, -0.2) is 4.57 Å². The third-order valence-corrected chi connectivity index (χ3v) is 12.9. The van der Waals surface area contributed by atoms with Crippen LogP contribution >= 0.6 is 7.82 Å². The highest BCUT2D eigenvalue weighted by Gasteiger charge is 2.26. The van der Waals surface area contributed by atoms with Gasteiger partial charge in [-0.15, -0.1) is 0 Å². The molecule has 390 valence electrons. The summed E-state index contributed by atoms with van der Waals surface area (Å²) in [4.78, 5) is 35.1. The third kappa shape index (κ3) is 52.9. The molecule has 9 nitrogen and oxygen atoms in total. The van der Waals surface area contributed by atoms with E-state index in [4.69, 9.17) is 24.3 Å². The van der Waals surface area contributed by atoms with E-state index in [0.29, 0.717) is 6.42 Å². The minimum atomic E-state index is -4.39. The van der Waals surface area contributed by atoms with Gasteiger partial charge in [0.2, 0.25) is 0 Å². The first-order valence-electron chi connectivity index (χ1n) is 27.8. The van der Waals surface area contributed by atoms with Gasteiger partial charge in [-0.2, -0.15) is 0 Å². The Morgan fingerprint density at radius 3 is 1.22 bits per heavy atom. The van der Waals surface area contributed by atoms with Crippen LogP contribution in [-0.4, -0.2) is 49.3 Å². The second-order valence-corrected chi connectivity index (χ2v) is 19.9. The summed E-state index contributed by atoms with van der Waals surface area (Å²) >= 11 is 0. The SMILES string of the molecule is CC/C=C\C/C=C\C/C=C\CCCCCCCC(=O)OC(COC(=O)CCCCCCCCCCCCCCCCCCCCC/C=C\C/C=C\CCCCCCC)COP(=O)(O)OCCN. The smallest absolute Gasteiger partial charge is 0.462 e. The van der Waals surface area contributed by atoms with Gasteiger partial charge >= 0.3 is 19.8 Å². The summed E-state index contributed by atoms with van der Waals surface area (Å²) in [6.07, 6.45) is 65.7. The standard InChI is InChI=1S/C57H104NO8P/c1-3-5-7-9-11-13-15-17-19-20-21-22-23-24-25-26-27-28-29-30-31-32-33-34-36-37-39-41-43-45-47-49-56(59)63-53-55(54-65-67(61,62)64-52-51-58)66-57(60)50-48-46-44-42-40-38-35-18-16-14-12-10-8-6-4-2/h6,8,12,14-15,17-18,20-21,35,55H,3-5,7,9-11,13,16,19,22-34,36-54,58H2,1-2H3,(H,61,62)/b8-6-,14-12-,17-15-,21-20-,35-18-. The maximum atomic E-state index is 12.6. The highest BCUT2D eigenvalue weighted by molar-refractivity contribution is 7.47. The van der Waals surface area contributed by atoms with Gasteiger partial charge in [0, 0.05) is 19.4 Å². The van der Waals surface area contributed by atoms with Gasteiger partial charge in [-0.1, -0.05) is 229 Å². The lowest BCUT2D eigenvalue weighted by molar-refractivity contribution is -0.161. The second kappa shape index (κ2) is 53.1. The molecule has 10 heteroatoms. The molecular formula is C57H104NO8P. The van der Waals surface area contributed by atoms with Crippen molar-refractivity contribution in [3.05, 3.63) is 60.8 Å². The fourth-order valence-corrected chi connectivity index (χ4v) is 8.56. The first-order valence-corrected chi connectivity index (χ1v) is 29.3. The zero-order chi connectivity index (χ0) is 48.8. The van der Waals surface area contributed by atoms with Gasteiger partial charge in [0.15, 0.2) is 6.10 Å². The van der Waals surface area contributed by atoms with Crippen LogP contribution in [0.25, 0.3) is 0 Å². The number of rotatable bonds is 52. The summed E-state index contributed by atoms with van der Waals surface area (Å²) in [5.74, 6) is -0.842. The Morgan fingerprint density at radius 1 is 0.463 bits per heavy atom. The lowest BCUT2D eigenvalue weighted by atomic mass is 10.0. The van der Waals surface area contributed by atoms with Crippen molar-refractivity contribution >= 4 is 19.8 Å². The van der Waals surface area contributed by atoms with E-state index < -0.39 is 26.5 Å². The van der Waals surface area contributed by atoms with Crippen molar-refractivity contribution in [3.8, 4) is 0 Å². The van der Waals surface area contributed by atoms with Crippen LogP contribution in [0.15, 0.2) is 60.8 Å². The Bertz CT molecular complexity index is 1280. The first kappa shape index (κ1) is 64.7. The largest absolute Gasteiger partial charge is 0.472 e. The van der Waals surface area contributed by atoms with E-state index in [1.165, 1.54) is 148 Å². The highest BCUT2D eigenvalue weighted by atomic mass is 31.2. The lowest BCUT2D eigenvalue weighted by Crippen LogP contribution is -2.29. The number of esters is 2. The molecule has 0 rings (SSSR count). The van der Waals surface area contributed by atoms with Crippen molar-refractivity contribution in [2.45, 2.75) is 264 Å². The molecular weight excluding hydrogens is 858 g/mol. The van der Waals surface area contributed by atoms with E-state index in [0.717, 1.165) is 77.0 Å². The van der Waals surface area contributed by atoms with Gasteiger partial charge in [0.1, 0.15) is 6.61 Å². The summed E-state index contributed by atoms with van der Waals surface area (Å²) in [5.41, 5.74) is 5.37. The molecule has 0 aromatic carbocycles. The van der Waals surface area contributed by atoms with Crippen molar-refractivity contribution < 1.29 is 37.6 Å². The summed E-state index contributed by atoms with van der Waals surface area (Å²) in [5, 5.41) is 0. The van der Waals surface area contributed by atoms with E-state index in [1.807, 2.05) is 0 Å². The summed E-state index contributed by atoms with van der Waals surface area (Å²) in [6.45, 7) is 3.62. The number of hydrogen-bond acceptors (Lipinski definition) is 8. The molecule has 2 unspecified atom stereocenters. The Balaban J connectivity index is 3.89. The number of nitrogens with two attached hydrogens (primary N) is 1. The molecule has 0 saturated carbocycles. The number of carbonyl (C=O) groups excluding carboxylic acids is 2. The van der Waals surface area contributed by atoms with E-state index in [9.17, 15) is 19.0 Å². The quantitative estimate of drug-likeness (QED) is 0.0264. The van der Waals surface area contributed by atoms with Gasteiger partial charge in [0.05, 0.1) is 13.2 Å². The zero-order valence-electron chi connectivity index (χ0n) is 43.4. The number of phosphoric ester groups is 1. The topological polar surface area (TPSA) is 134 Å². The van der Waals surface area contributed by atoms with Crippen LogP contribution in [0.4, 0.5) is 0 Å². The van der Waals surface area contributed by atoms with Crippen LogP contribution in [0.5, 0.6) is 0 Å². The Labute approximate surface area is 412 Å². The fourth-order valence-electron chi connectivity index (χ4n) is 7.80. The molecule has 0 bridgehead atoms. The molecule has 0 amide bonds. The molecule has 0 aliphatic rings. The van der Waals surface area contributed by atoms with Crippen molar-refractivity contribution in [3.63, 3.8) is 0 Å². The monoisotopic (exact) mass is 962 g/mol. The van der Waals surface area contributed by atoms with Crippen molar-refractivity contribution in [1.82, 2.24) is 0 Å². The normalized spacial score (nSPS) is 13.6. The summed E-state index contributed by atoms with van der Waals surface area (Å²) in [7, 11) is -4.39. The van der Waals surface area contributed by atoms with Gasteiger partial charge in [-0.3, -0.25) is 18.6 Å². The van der Waals surface area contributed by atoms with Gasteiger partial charge < -0.3 is 20.1 Å². The van der Waals surface area contributed by atoms with Gasteiger partial charge in [0.25, 0.3) is 0 Å². The molecule has 0 fully saturated rings.